The Morgan fingerprint density at radius 3 is 1.75 bits per heavy atom. The van der Waals surface area contributed by atoms with Crippen LogP contribution < -0.4 is 29.6 Å². The molecule has 0 aliphatic carbocycles. The van der Waals surface area contributed by atoms with Crippen molar-refractivity contribution < 1.29 is 31.0 Å². The molecule has 0 rings (SSSR count). The first-order valence-corrected chi connectivity index (χ1v) is 2.42. The minimum Gasteiger partial charge on any atom is -1.00 e. The molecule has 0 saturated carbocycles. The maximum absolute atomic E-state index is 2.18. The van der Waals surface area contributed by atoms with Crippen LogP contribution in [0.25, 0.3) is 0 Å². The SMILES string of the molecule is CCCN(C)C.Cl.[H-].[Na+]. The molecule has 3 heteroatoms. The van der Waals surface area contributed by atoms with Gasteiger partial charge in [0.05, 0.1) is 0 Å². The van der Waals surface area contributed by atoms with Crippen molar-refractivity contribution >= 4 is 12.4 Å². The minimum absolute atomic E-state index is 0. The van der Waals surface area contributed by atoms with Crippen LogP contribution in [-0.4, -0.2) is 25.5 Å². The van der Waals surface area contributed by atoms with E-state index in [-0.39, 0.29) is 43.4 Å². The Balaban J connectivity index is -0.0000000417. The van der Waals surface area contributed by atoms with Gasteiger partial charge in [0.15, 0.2) is 0 Å². The normalized spacial score (nSPS) is 7.50. The number of hydrogen-bond acceptors (Lipinski definition) is 1. The first-order valence-electron chi connectivity index (χ1n) is 2.42. The van der Waals surface area contributed by atoms with Crippen molar-refractivity contribution in [1.82, 2.24) is 4.90 Å². The molecule has 1 nitrogen and oxygen atoms in total. The van der Waals surface area contributed by atoms with Crippen molar-refractivity contribution in [2.75, 3.05) is 20.6 Å². The van der Waals surface area contributed by atoms with E-state index in [4.69, 9.17) is 0 Å². The van der Waals surface area contributed by atoms with Crippen LogP contribution in [0.2, 0.25) is 0 Å². The Kier molecular flexibility index (Phi) is 22.4. The van der Waals surface area contributed by atoms with Crippen LogP contribution in [0.5, 0.6) is 0 Å². The second-order valence-electron chi connectivity index (χ2n) is 1.80. The van der Waals surface area contributed by atoms with E-state index in [1.165, 1.54) is 13.0 Å². The summed E-state index contributed by atoms with van der Waals surface area (Å²) in [4.78, 5) is 2.18. The molecule has 8 heavy (non-hydrogen) atoms. The standard InChI is InChI=1S/C5H13N.ClH.Na.H/c1-4-5-6(2)3;;;/h4-5H2,1-3H3;1H;;/q;;+1;-1. The van der Waals surface area contributed by atoms with E-state index in [0.717, 1.165) is 0 Å². The minimum atomic E-state index is 0. The van der Waals surface area contributed by atoms with E-state index in [9.17, 15) is 0 Å². The smallest absolute Gasteiger partial charge is 1.00 e. The molecule has 0 aromatic heterocycles. The maximum atomic E-state index is 2.18. The molecule has 48 valence electrons. The van der Waals surface area contributed by atoms with Crippen LogP contribution >= 0.6 is 12.4 Å². The second-order valence-corrected chi connectivity index (χ2v) is 1.80. The Hall–Kier alpha value is 1.25. The van der Waals surface area contributed by atoms with Crippen LogP contribution in [0.3, 0.4) is 0 Å². The van der Waals surface area contributed by atoms with Crippen molar-refractivity contribution in [2.45, 2.75) is 13.3 Å². The molecule has 0 N–H and O–H groups in total. The molecule has 0 spiro atoms. The molecule has 0 aromatic carbocycles. The summed E-state index contributed by atoms with van der Waals surface area (Å²) in [6.45, 7) is 3.39. The molecule has 0 radical (unpaired) electrons. The fourth-order valence-corrected chi connectivity index (χ4v) is 0.447. The number of hydrogen-bond donors (Lipinski definition) is 0. The van der Waals surface area contributed by atoms with Gasteiger partial charge in [-0.2, -0.15) is 0 Å². The summed E-state index contributed by atoms with van der Waals surface area (Å²) in [5, 5.41) is 0. The summed E-state index contributed by atoms with van der Waals surface area (Å²) < 4.78 is 0. The summed E-state index contributed by atoms with van der Waals surface area (Å²) in [6.07, 6.45) is 1.26. The van der Waals surface area contributed by atoms with Gasteiger partial charge in [0.25, 0.3) is 0 Å². The summed E-state index contributed by atoms with van der Waals surface area (Å²) >= 11 is 0. The molecule has 0 unspecified atom stereocenters. The fourth-order valence-electron chi connectivity index (χ4n) is 0.447. The van der Waals surface area contributed by atoms with Gasteiger partial charge in [0.1, 0.15) is 0 Å². The summed E-state index contributed by atoms with van der Waals surface area (Å²) in [7, 11) is 4.17. The van der Waals surface area contributed by atoms with Crippen LogP contribution in [0.15, 0.2) is 0 Å². The first-order chi connectivity index (χ1) is 2.77. The summed E-state index contributed by atoms with van der Waals surface area (Å²) in [5.74, 6) is 0. The Labute approximate surface area is 82.0 Å². The molecule has 0 atom stereocenters. The molecular weight excluding hydrogens is 133 g/mol. The third-order valence-electron chi connectivity index (χ3n) is 0.671. The monoisotopic (exact) mass is 147 g/mol. The average Bonchev–Trinajstić information content (AvgIpc) is 1.35. The van der Waals surface area contributed by atoms with Crippen LogP contribution in [0, 0.1) is 0 Å². The molecular formula is C5H15ClNNa. The Morgan fingerprint density at radius 1 is 1.38 bits per heavy atom. The average molecular weight is 148 g/mol. The van der Waals surface area contributed by atoms with Gasteiger partial charge in [-0.15, -0.1) is 12.4 Å². The zero-order valence-corrected chi connectivity index (χ0v) is 9.09. The van der Waals surface area contributed by atoms with E-state index in [2.05, 4.69) is 25.9 Å². The molecule has 0 amide bonds. The molecule has 0 aliphatic heterocycles. The maximum Gasteiger partial charge on any atom is 1.00 e. The zero-order valence-electron chi connectivity index (χ0n) is 7.27. The predicted molar refractivity (Wildman–Crippen MR) is 37.2 cm³/mol. The van der Waals surface area contributed by atoms with Crippen molar-refractivity contribution in [1.29, 1.82) is 0 Å². The molecule has 0 aliphatic rings. The second kappa shape index (κ2) is 11.1. The van der Waals surface area contributed by atoms with E-state index in [1.807, 2.05) is 0 Å². The van der Waals surface area contributed by atoms with E-state index >= 15 is 0 Å². The van der Waals surface area contributed by atoms with Crippen molar-refractivity contribution in [2.24, 2.45) is 0 Å². The number of nitrogens with zero attached hydrogens (tertiary/aromatic N) is 1. The third kappa shape index (κ3) is 15.7. The number of rotatable bonds is 2. The number of halogens is 1. The molecule has 0 fully saturated rings. The van der Waals surface area contributed by atoms with Gasteiger partial charge in [-0.1, -0.05) is 6.92 Å². The summed E-state index contributed by atoms with van der Waals surface area (Å²) in [5.41, 5.74) is 0. The van der Waals surface area contributed by atoms with Gasteiger partial charge < -0.3 is 6.33 Å². The molecule has 0 saturated heterocycles. The van der Waals surface area contributed by atoms with Crippen molar-refractivity contribution in [3.63, 3.8) is 0 Å². The summed E-state index contributed by atoms with van der Waals surface area (Å²) in [6, 6.07) is 0. The van der Waals surface area contributed by atoms with Crippen LogP contribution in [0.1, 0.15) is 14.8 Å². The van der Waals surface area contributed by atoms with Crippen molar-refractivity contribution in [3.8, 4) is 0 Å². The van der Waals surface area contributed by atoms with Gasteiger partial charge in [0, 0.05) is 0 Å². The molecule has 0 heterocycles. The van der Waals surface area contributed by atoms with Gasteiger partial charge in [0.2, 0.25) is 0 Å². The molecule has 0 bridgehead atoms. The quantitative estimate of drug-likeness (QED) is 0.430. The van der Waals surface area contributed by atoms with Gasteiger partial charge >= 0.3 is 29.6 Å². The molecule has 0 aromatic rings. The largest absolute Gasteiger partial charge is 1.00 e. The van der Waals surface area contributed by atoms with Gasteiger partial charge in [-0.25, -0.2) is 0 Å². The third-order valence-corrected chi connectivity index (χ3v) is 0.671. The van der Waals surface area contributed by atoms with E-state index < -0.39 is 0 Å². The fraction of sp³-hybridized carbons (Fsp3) is 1.00. The van der Waals surface area contributed by atoms with E-state index in [1.54, 1.807) is 0 Å². The predicted octanol–water partition coefficient (Wildman–Crippen LogP) is -1.50. The Morgan fingerprint density at radius 2 is 1.75 bits per heavy atom. The van der Waals surface area contributed by atoms with Crippen molar-refractivity contribution in [3.05, 3.63) is 0 Å². The first kappa shape index (κ1) is 16.1. The Bertz CT molecular complexity index is 38.1. The van der Waals surface area contributed by atoms with Gasteiger partial charge in [-0.3, -0.25) is 0 Å². The van der Waals surface area contributed by atoms with Gasteiger partial charge in [-0.05, 0) is 27.1 Å². The van der Waals surface area contributed by atoms with E-state index in [0.29, 0.717) is 0 Å². The zero-order chi connectivity index (χ0) is 4.99. The van der Waals surface area contributed by atoms with Crippen LogP contribution in [-0.2, 0) is 0 Å². The topological polar surface area (TPSA) is 3.24 Å². The van der Waals surface area contributed by atoms with Crippen LogP contribution in [0.4, 0.5) is 0 Å².